The lowest BCUT2D eigenvalue weighted by atomic mass is 10.0. The maximum absolute atomic E-state index is 15.2. The summed E-state index contributed by atoms with van der Waals surface area (Å²) in [4.78, 5) is 88.6. The number of carbonyl (C=O) groups excluding carboxylic acids is 3. The summed E-state index contributed by atoms with van der Waals surface area (Å²) in [6, 6.07) is 18.2. The normalized spacial score (nSPS) is 12.8. The lowest BCUT2D eigenvalue weighted by molar-refractivity contribution is 0.0565. The van der Waals surface area contributed by atoms with E-state index >= 15 is 8.78 Å². The molecule has 0 saturated heterocycles. The highest BCUT2D eigenvalue weighted by atomic mass is 19.1. The molecule has 117 heavy (non-hydrogen) atoms. The number of H-pyrrole nitrogens is 1. The maximum atomic E-state index is 15.2. The molecule has 0 atom stereocenters. The van der Waals surface area contributed by atoms with Crippen molar-refractivity contribution in [3.63, 3.8) is 0 Å². The van der Waals surface area contributed by atoms with Crippen molar-refractivity contribution in [2.75, 3.05) is 117 Å². The highest BCUT2D eigenvalue weighted by molar-refractivity contribution is 6.15. The number of hydrogen-bond acceptors (Lipinski definition) is 23. The van der Waals surface area contributed by atoms with Crippen molar-refractivity contribution >= 4 is 67.7 Å². The van der Waals surface area contributed by atoms with Crippen LogP contribution in [0.15, 0.2) is 133 Å². The lowest BCUT2D eigenvalue weighted by Gasteiger charge is -2.28. The number of nitrogens with one attached hydrogen (secondary N) is 3. The van der Waals surface area contributed by atoms with Crippen LogP contribution in [0.1, 0.15) is 96.7 Å². The summed E-state index contributed by atoms with van der Waals surface area (Å²) in [5, 5.41) is 16.3. The molecule has 0 fully saturated rings. The Hall–Kier alpha value is -11.9. The molecule has 0 unspecified atom stereocenters. The van der Waals surface area contributed by atoms with E-state index in [0.29, 0.717) is 125 Å². The minimum atomic E-state index is -0.798. The van der Waals surface area contributed by atoms with Gasteiger partial charge in [0.25, 0.3) is 0 Å². The molecule has 8 aromatic heterocycles. The van der Waals surface area contributed by atoms with E-state index in [1.54, 1.807) is 126 Å². The van der Waals surface area contributed by atoms with Gasteiger partial charge in [-0.3, -0.25) is 50.0 Å². The number of rotatable bonds is 23. The van der Waals surface area contributed by atoms with E-state index in [0.717, 1.165) is 87.4 Å². The Kier molecular flexibility index (Phi) is 27.8. The van der Waals surface area contributed by atoms with Crippen molar-refractivity contribution in [2.24, 2.45) is 5.84 Å². The van der Waals surface area contributed by atoms with Gasteiger partial charge in [-0.05, 0) is 164 Å². The maximum Gasteiger partial charge on any atom is 0.416 e. The van der Waals surface area contributed by atoms with E-state index < -0.39 is 35.0 Å². The van der Waals surface area contributed by atoms with Crippen molar-refractivity contribution in [2.45, 2.75) is 119 Å². The van der Waals surface area contributed by atoms with Crippen LogP contribution in [0.2, 0.25) is 0 Å². The van der Waals surface area contributed by atoms with E-state index in [4.69, 9.17) is 34.5 Å². The van der Waals surface area contributed by atoms with E-state index in [9.17, 15) is 23.6 Å². The number of halogens is 3. The highest BCUT2D eigenvalue weighted by Gasteiger charge is 2.34. The average molecular weight is 1600 g/mol. The summed E-state index contributed by atoms with van der Waals surface area (Å²) in [5.74, 6) is 6.74. The first-order chi connectivity index (χ1) is 55.7. The molecule has 0 bridgehead atoms. The zero-order chi connectivity index (χ0) is 84.2. The van der Waals surface area contributed by atoms with Crippen LogP contribution >= 0.6 is 0 Å². The minimum absolute atomic E-state index is 0.0661. The fraction of sp³-hybridized carbons (Fsp3) is 0.384. The van der Waals surface area contributed by atoms with Crippen LogP contribution < -0.4 is 46.2 Å². The number of likely N-dealkylation sites (N-methyl/N-ethyl adjacent to an activating group) is 3. The molecule has 3 aliphatic heterocycles. The Labute approximate surface area is 678 Å². The summed E-state index contributed by atoms with van der Waals surface area (Å²) < 4.78 is 77.1. The van der Waals surface area contributed by atoms with E-state index in [1.807, 2.05) is 97.8 Å². The predicted octanol–water partition coefficient (Wildman–Crippen LogP) is 12.6. The van der Waals surface area contributed by atoms with Gasteiger partial charge in [-0.1, -0.05) is 0 Å². The molecular formula is C86H104F3N19O9. The third-order valence-electron chi connectivity index (χ3n) is 19.2. The highest BCUT2D eigenvalue weighted by Crippen LogP contribution is 2.40. The molecule has 11 heterocycles. The number of nitrogens with zero attached hydrogens (tertiary/aromatic N) is 15. The first-order valence-corrected chi connectivity index (χ1v) is 38.6. The molecular weight excluding hydrogens is 1500 g/mol. The van der Waals surface area contributed by atoms with Crippen LogP contribution in [0.25, 0.3) is 54.8 Å². The van der Waals surface area contributed by atoms with E-state index in [-0.39, 0.29) is 42.6 Å². The molecule has 14 rings (SSSR count). The van der Waals surface area contributed by atoms with Crippen LogP contribution in [-0.4, -0.2) is 201 Å². The largest absolute Gasteiger partial charge is 0.493 e. The van der Waals surface area contributed by atoms with Crippen LogP contribution in [0.3, 0.4) is 0 Å². The number of aromatic nitrogens is 10. The second-order valence-electron chi connectivity index (χ2n) is 31.6. The van der Waals surface area contributed by atoms with Crippen molar-refractivity contribution in [3.8, 4) is 39.8 Å². The molecule has 5 N–H and O–H groups in total. The van der Waals surface area contributed by atoms with Gasteiger partial charge in [0.2, 0.25) is 5.56 Å². The third-order valence-corrected chi connectivity index (χ3v) is 19.2. The summed E-state index contributed by atoms with van der Waals surface area (Å²) in [5.41, 5.74) is 9.82. The van der Waals surface area contributed by atoms with E-state index in [2.05, 4.69) is 60.6 Å². The van der Waals surface area contributed by atoms with Gasteiger partial charge in [0.05, 0.1) is 57.4 Å². The Balaban J connectivity index is 0.000000166. The number of pyridine rings is 6. The molecule has 618 valence electrons. The van der Waals surface area contributed by atoms with Gasteiger partial charge >= 0.3 is 12.2 Å². The summed E-state index contributed by atoms with van der Waals surface area (Å²) in [7, 11) is 15.7. The molecule has 0 radical (unpaired) electrons. The third kappa shape index (κ3) is 21.4. The van der Waals surface area contributed by atoms with Crippen LogP contribution in [0, 0.1) is 31.3 Å². The number of carbonyl (C=O) groups is 3. The number of hydrazine groups is 1. The molecule has 0 saturated carbocycles. The van der Waals surface area contributed by atoms with Crippen LogP contribution in [-0.2, 0) is 61.5 Å². The van der Waals surface area contributed by atoms with Gasteiger partial charge in [0.1, 0.15) is 63.4 Å². The van der Waals surface area contributed by atoms with Gasteiger partial charge in [-0.25, -0.2) is 37.7 Å². The zero-order valence-electron chi connectivity index (χ0n) is 69.3. The number of nitrogens with two attached hydrogens (primary N) is 1. The Bertz CT molecular complexity index is 5500. The van der Waals surface area contributed by atoms with Gasteiger partial charge in [-0.15, -0.1) is 0 Å². The number of amides is 2. The van der Waals surface area contributed by atoms with Crippen molar-refractivity contribution in [3.05, 3.63) is 207 Å². The Morgan fingerprint density at radius 2 is 1.00 bits per heavy atom. The number of allylic oxidation sites excluding steroid dienone is 1. The number of hydrogen-bond donors (Lipinski definition) is 4. The molecule has 2 amide bonds. The lowest BCUT2D eigenvalue weighted by Crippen LogP contribution is -2.37. The summed E-state index contributed by atoms with van der Waals surface area (Å²) in [6.07, 6.45) is 16.9. The molecule has 0 spiro atoms. The van der Waals surface area contributed by atoms with Gasteiger partial charge < -0.3 is 53.6 Å². The summed E-state index contributed by atoms with van der Waals surface area (Å²) in [6.45, 7) is 20.9. The monoisotopic (exact) mass is 1600 g/mol. The molecule has 3 aromatic carbocycles. The number of ketones is 1. The van der Waals surface area contributed by atoms with Crippen molar-refractivity contribution in [1.29, 1.82) is 0 Å². The van der Waals surface area contributed by atoms with Crippen LogP contribution in [0.5, 0.6) is 17.2 Å². The number of anilines is 3. The van der Waals surface area contributed by atoms with Crippen molar-refractivity contribution in [1.82, 2.24) is 74.5 Å². The zero-order valence-corrected chi connectivity index (χ0v) is 69.3. The first kappa shape index (κ1) is 86.0. The first-order valence-electron chi connectivity index (χ1n) is 38.6. The minimum Gasteiger partial charge on any atom is -0.493 e. The number of aromatic amines is 1. The number of ether oxygens (including phenoxy) is 5. The number of fused-ring (bicyclic) bond motifs is 6. The molecule has 3 aliphatic rings. The van der Waals surface area contributed by atoms with Crippen LogP contribution in [0.4, 0.5) is 40.2 Å². The topological polar surface area (TPSA) is 300 Å². The molecule has 0 aliphatic carbocycles. The predicted molar refractivity (Wildman–Crippen MR) is 447 cm³/mol. The quantitative estimate of drug-likeness (QED) is 0.0200. The SMILES string of the molecule is CN(C)CCNN.CN(C)CCn1nccc1-c1cnc(NCc2c(F)ccc3c2CCO3)c2c[nH]c(=O)cc12.Cc1cc2c(-c3ccnn3CCN(C)C)cnc(N(Cc3c(F)ccc4c3CCO4)C(=O)OC(C)(C)C)c2cn1.Cc1cc2c(C(=O)/C=C/N(C)C)cnc(N(Cc3c(F)ccc4c3CCO4)C(=O)OC(C)(C)C)c2cn1. The Morgan fingerprint density at radius 1 is 0.556 bits per heavy atom. The molecule has 31 heteroatoms. The van der Waals surface area contributed by atoms with Crippen molar-refractivity contribution < 1.29 is 51.2 Å². The van der Waals surface area contributed by atoms with Gasteiger partial charge in [-0.2, -0.15) is 10.2 Å². The number of benzene rings is 3. The summed E-state index contributed by atoms with van der Waals surface area (Å²) >= 11 is 0. The second-order valence-corrected chi connectivity index (χ2v) is 31.6. The smallest absolute Gasteiger partial charge is 0.416 e. The average Bonchev–Trinajstić information content (AvgIpc) is 1.70. The standard InChI is InChI=1S/C30H35FN6O3.C28H31FN4O4.C24H25FN6O2.C4H13N3/c1-19-15-21-22(26-9-11-34-37(26)13-12-35(5)6)16-33-28(23(21)17-32-19)36(29(38)40-30(2,3)4)18-24-20-10-14-39-27(20)8-7-25(24)31;1-17-13-19-20(24(34)9-11-32(5)6)14-31-26(21(19)15-30-17)33(27(35)37-28(2,3)4)16-22-18-10-12-36-25(18)8-7-23(22)29;1-30(2)8-9-31-21(5-7-29-31)18-13-28-24(19-14-26-23(32)11-16(18)19)27-12-17-15-6-10-33-22(15)4-3-20(17)25;1-7(2)4-3-6-5/h7-9,11,15-17H,10,12-14,18H2,1-6H3;7-9,11,13-15H,10,12,16H2,1-6H3;3-5,7,11,13-14H,6,8-10,12H2,1-2H3,(H,26,32)(H,27,28);6H,3-5H2,1-2H3/b;11-9+;;. The fourth-order valence-corrected chi connectivity index (χ4v) is 13.5. The fourth-order valence-electron chi connectivity index (χ4n) is 13.5. The molecule has 11 aromatic rings. The molecule has 28 nitrogen and oxygen atoms in total. The second kappa shape index (κ2) is 37.8. The van der Waals surface area contributed by atoms with E-state index in [1.165, 1.54) is 40.3 Å². The number of aryl methyl sites for hydroxylation is 2. The Morgan fingerprint density at radius 3 is 1.46 bits per heavy atom. The van der Waals surface area contributed by atoms with Gasteiger partial charge in [0, 0.05) is 222 Å². The van der Waals surface area contributed by atoms with Gasteiger partial charge in [0.15, 0.2) is 5.78 Å².